The van der Waals surface area contributed by atoms with E-state index < -0.39 is 0 Å². The van der Waals surface area contributed by atoms with Crippen LogP contribution in [0.25, 0.3) is 0 Å². The molecule has 2 unspecified atom stereocenters. The van der Waals surface area contributed by atoms with E-state index in [4.69, 9.17) is 10.00 Å². The third kappa shape index (κ3) is 5.99. The SMILES string of the molecule is CC(C)CNCC(O)CN1CCOC(C#N)C1. The highest BCUT2D eigenvalue weighted by Gasteiger charge is 2.21. The zero-order valence-corrected chi connectivity index (χ0v) is 10.7. The summed E-state index contributed by atoms with van der Waals surface area (Å²) in [5.74, 6) is 0.591. The summed E-state index contributed by atoms with van der Waals surface area (Å²) in [5, 5.41) is 21.8. The van der Waals surface area contributed by atoms with Crippen molar-refractivity contribution < 1.29 is 9.84 Å². The van der Waals surface area contributed by atoms with Gasteiger partial charge in [0.15, 0.2) is 6.10 Å². The van der Waals surface area contributed by atoms with Gasteiger partial charge in [0.2, 0.25) is 0 Å². The first-order valence-corrected chi connectivity index (χ1v) is 6.24. The Morgan fingerprint density at radius 3 is 2.94 bits per heavy atom. The second-order valence-corrected chi connectivity index (χ2v) is 4.95. The molecule has 0 aromatic heterocycles. The molecule has 1 rings (SSSR count). The van der Waals surface area contributed by atoms with Crippen molar-refractivity contribution in [3.05, 3.63) is 0 Å². The summed E-state index contributed by atoms with van der Waals surface area (Å²) in [6.45, 7) is 8.36. The van der Waals surface area contributed by atoms with E-state index in [1.165, 1.54) is 0 Å². The molecule has 17 heavy (non-hydrogen) atoms. The van der Waals surface area contributed by atoms with E-state index in [-0.39, 0.29) is 12.2 Å². The molecule has 1 aliphatic heterocycles. The van der Waals surface area contributed by atoms with E-state index >= 15 is 0 Å². The van der Waals surface area contributed by atoms with Crippen molar-refractivity contribution in [1.82, 2.24) is 10.2 Å². The molecule has 0 spiro atoms. The lowest BCUT2D eigenvalue weighted by Gasteiger charge is -2.31. The van der Waals surface area contributed by atoms with Crippen LogP contribution in [-0.4, -0.2) is 61.5 Å². The minimum Gasteiger partial charge on any atom is -0.390 e. The van der Waals surface area contributed by atoms with Gasteiger partial charge in [-0.15, -0.1) is 0 Å². The molecule has 2 atom stereocenters. The molecule has 2 N–H and O–H groups in total. The highest BCUT2D eigenvalue weighted by atomic mass is 16.5. The summed E-state index contributed by atoms with van der Waals surface area (Å²) >= 11 is 0. The number of β-amino-alcohol motifs (C(OH)–C–C–N with tert-alkyl or cyclic N) is 1. The molecule has 1 aliphatic rings. The van der Waals surface area contributed by atoms with Gasteiger partial charge in [0, 0.05) is 26.2 Å². The molecule has 98 valence electrons. The predicted molar refractivity (Wildman–Crippen MR) is 65.5 cm³/mol. The summed E-state index contributed by atoms with van der Waals surface area (Å²) in [7, 11) is 0. The number of morpholine rings is 1. The molecule has 0 amide bonds. The van der Waals surface area contributed by atoms with Gasteiger partial charge in [-0.25, -0.2) is 0 Å². The molecule has 5 heteroatoms. The Kier molecular flexibility index (Phi) is 6.45. The van der Waals surface area contributed by atoms with Crippen LogP contribution in [0.3, 0.4) is 0 Å². The molecule has 0 radical (unpaired) electrons. The first kappa shape index (κ1) is 14.4. The lowest BCUT2D eigenvalue weighted by atomic mass is 10.2. The van der Waals surface area contributed by atoms with Gasteiger partial charge < -0.3 is 15.2 Å². The zero-order chi connectivity index (χ0) is 12.7. The van der Waals surface area contributed by atoms with Gasteiger partial charge in [0.1, 0.15) is 0 Å². The molecule has 1 fully saturated rings. The minimum absolute atomic E-state index is 0.348. The van der Waals surface area contributed by atoms with Crippen LogP contribution < -0.4 is 5.32 Å². The third-order valence-corrected chi connectivity index (χ3v) is 2.70. The first-order valence-electron chi connectivity index (χ1n) is 6.24. The van der Waals surface area contributed by atoms with Crippen LogP contribution in [0, 0.1) is 17.2 Å². The lowest BCUT2D eigenvalue weighted by Crippen LogP contribution is -2.47. The van der Waals surface area contributed by atoms with Crippen LogP contribution in [0.15, 0.2) is 0 Å². The summed E-state index contributed by atoms with van der Waals surface area (Å²) in [6.07, 6.45) is -0.731. The largest absolute Gasteiger partial charge is 0.390 e. The Hall–Kier alpha value is -0.670. The quantitative estimate of drug-likeness (QED) is 0.675. The average Bonchev–Trinajstić information content (AvgIpc) is 2.28. The predicted octanol–water partition coefficient (Wildman–Crippen LogP) is -0.183. The van der Waals surface area contributed by atoms with E-state index in [0.717, 1.165) is 13.1 Å². The van der Waals surface area contributed by atoms with E-state index in [9.17, 15) is 5.11 Å². The van der Waals surface area contributed by atoms with Crippen molar-refractivity contribution in [2.45, 2.75) is 26.1 Å². The van der Waals surface area contributed by atoms with Crippen molar-refractivity contribution in [1.29, 1.82) is 5.26 Å². The Labute approximate surface area is 103 Å². The van der Waals surface area contributed by atoms with Gasteiger partial charge in [-0.3, -0.25) is 4.90 Å². The Morgan fingerprint density at radius 2 is 2.29 bits per heavy atom. The number of hydrogen-bond donors (Lipinski definition) is 2. The maximum Gasteiger partial charge on any atom is 0.156 e. The van der Waals surface area contributed by atoms with E-state index in [2.05, 4.69) is 30.1 Å². The topological polar surface area (TPSA) is 68.5 Å². The number of nitrogens with zero attached hydrogens (tertiary/aromatic N) is 2. The zero-order valence-electron chi connectivity index (χ0n) is 10.7. The van der Waals surface area contributed by atoms with E-state index in [1.807, 2.05) is 0 Å². The Morgan fingerprint density at radius 1 is 1.53 bits per heavy atom. The second kappa shape index (κ2) is 7.62. The fourth-order valence-corrected chi connectivity index (χ4v) is 1.85. The fraction of sp³-hybridized carbons (Fsp3) is 0.917. The molecule has 5 nitrogen and oxygen atoms in total. The number of hydrogen-bond acceptors (Lipinski definition) is 5. The molecule has 0 bridgehead atoms. The molecular weight excluding hydrogens is 218 g/mol. The van der Waals surface area contributed by atoms with E-state index in [0.29, 0.717) is 32.2 Å². The molecule has 1 heterocycles. The van der Waals surface area contributed by atoms with Crippen molar-refractivity contribution in [2.75, 3.05) is 39.3 Å². The number of nitrogens with one attached hydrogen (secondary N) is 1. The maximum absolute atomic E-state index is 9.85. The van der Waals surface area contributed by atoms with E-state index in [1.54, 1.807) is 0 Å². The number of rotatable bonds is 6. The van der Waals surface area contributed by atoms with Crippen molar-refractivity contribution in [3.63, 3.8) is 0 Å². The van der Waals surface area contributed by atoms with Gasteiger partial charge in [0.05, 0.1) is 18.8 Å². The maximum atomic E-state index is 9.85. The Balaban J connectivity index is 2.17. The van der Waals surface area contributed by atoms with Crippen molar-refractivity contribution in [2.24, 2.45) is 5.92 Å². The second-order valence-electron chi connectivity index (χ2n) is 4.95. The van der Waals surface area contributed by atoms with Gasteiger partial charge in [-0.05, 0) is 12.5 Å². The number of aliphatic hydroxyl groups is 1. The van der Waals surface area contributed by atoms with Crippen LogP contribution in [0.2, 0.25) is 0 Å². The number of ether oxygens (including phenoxy) is 1. The van der Waals surface area contributed by atoms with Crippen molar-refractivity contribution >= 4 is 0 Å². The molecular formula is C12H23N3O2. The van der Waals surface area contributed by atoms with Crippen LogP contribution >= 0.6 is 0 Å². The van der Waals surface area contributed by atoms with Crippen LogP contribution in [-0.2, 0) is 4.74 Å². The van der Waals surface area contributed by atoms with Crippen LogP contribution in [0.4, 0.5) is 0 Å². The number of nitriles is 1. The summed E-state index contributed by atoms with van der Waals surface area (Å²) in [6, 6.07) is 2.10. The molecule has 0 aliphatic carbocycles. The van der Waals surface area contributed by atoms with Gasteiger partial charge in [-0.2, -0.15) is 5.26 Å². The van der Waals surface area contributed by atoms with Crippen LogP contribution in [0.5, 0.6) is 0 Å². The van der Waals surface area contributed by atoms with Crippen molar-refractivity contribution in [3.8, 4) is 6.07 Å². The highest BCUT2D eigenvalue weighted by Crippen LogP contribution is 2.04. The summed E-state index contributed by atoms with van der Waals surface area (Å²) in [4.78, 5) is 2.08. The standard InChI is InChI=1S/C12H23N3O2/c1-10(2)6-14-7-11(16)8-15-3-4-17-12(5-13)9-15/h10-12,14,16H,3-4,6-9H2,1-2H3. The highest BCUT2D eigenvalue weighted by molar-refractivity contribution is 4.89. The van der Waals surface area contributed by atoms with Gasteiger partial charge in [-0.1, -0.05) is 13.8 Å². The number of aliphatic hydroxyl groups excluding tert-OH is 1. The van der Waals surface area contributed by atoms with Gasteiger partial charge >= 0.3 is 0 Å². The monoisotopic (exact) mass is 241 g/mol. The first-order chi connectivity index (χ1) is 8.11. The summed E-state index contributed by atoms with van der Waals surface area (Å²) in [5.41, 5.74) is 0. The van der Waals surface area contributed by atoms with Gasteiger partial charge in [0.25, 0.3) is 0 Å². The smallest absolute Gasteiger partial charge is 0.156 e. The normalized spacial score (nSPS) is 23.6. The molecule has 0 aromatic carbocycles. The minimum atomic E-state index is -0.383. The molecule has 1 saturated heterocycles. The third-order valence-electron chi connectivity index (χ3n) is 2.70. The summed E-state index contributed by atoms with van der Waals surface area (Å²) < 4.78 is 5.25. The lowest BCUT2D eigenvalue weighted by molar-refractivity contribution is -0.0153. The Bertz CT molecular complexity index is 253. The average molecular weight is 241 g/mol. The molecule has 0 saturated carbocycles. The van der Waals surface area contributed by atoms with Crippen LogP contribution in [0.1, 0.15) is 13.8 Å². The molecule has 0 aromatic rings. The fourth-order valence-electron chi connectivity index (χ4n) is 1.85.